The molecule has 1 amide bonds. The maximum Gasteiger partial charge on any atom is 0.303 e. The number of allylic oxidation sites excluding steroid dienone is 5. The van der Waals surface area contributed by atoms with Crippen LogP contribution in [0.1, 0.15) is 124 Å². The molecule has 0 fully saturated rings. The van der Waals surface area contributed by atoms with Crippen LogP contribution in [0.15, 0.2) is 71.8 Å². The average Bonchev–Trinajstić information content (AvgIpc) is 3.10. The van der Waals surface area contributed by atoms with Gasteiger partial charge in [0, 0.05) is 48.7 Å². The average molecular weight is 691 g/mol. The zero-order chi connectivity index (χ0) is 36.9. The molecule has 0 saturated heterocycles. The van der Waals surface area contributed by atoms with E-state index >= 15 is 0 Å². The van der Waals surface area contributed by atoms with Crippen LogP contribution in [0.5, 0.6) is 5.75 Å². The number of nitrogens with zero attached hydrogens (tertiary/aromatic N) is 1. The van der Waals surface area contributed by atoms with E-state index in [2.05, 4.69) is 80.7 Å². The lowest BCUT2D eigenvalue weighted by Crippen LogP contribution is -2.30. The Bertz CT molecular complexity index is 1670. The van der Waals surface area contributed by atoms with Gasteiger partial charge in [-0.25, -0.2) is 0 Å². The second-order valence-electron chi connectivity index (χ2n) is 14.3. The molecule has 2 unspecified atom stereocenters. The number of nitrogens with one attached hydrogen (secondary N) is 1. The number of benzene rings is 2. The molecule has 2 aromatic rings. The number of hydrogen-bond acceptors (Lipinski definition) is 4. The molecular formula is C45H58N2O4. The van der Waals surface area contributed by atoms with Gasteiger partial charge in [-0.05, 0) is 60.3 Å². The second-order valence-corrected chi connectivity index (χ2v) is 14.3. The second kappa shape index (κ2) is 22.3. The number of carboxylic acid groups (broad SMARTS) is 1. The van der Waals surface area contributed by atoms with Gasteiger partial charge >= 0.3 is 5.97 Å². The monoisotopic (exact) mass is 690 g/mol. The molecule has 272 valence electrons. The molecule has 0 aromatic heterocycles. The molecule has 2 aromatic carbocycles. The third-order valence-corrected chi connectivity index (χ3v) is 9.83. The molecule has 6 nitrogen and oxygen atoms in total. The van der Waals surface area contributed by atoms with Crippen molar-refractivity contribution in [2.45, 2.75) is 124 Å². The van der Waals surface area contributed by atoms with Crippen LogP contribution in [0, 0.1) is 40.9 Å². The Kier molecular flexibility index (Phi) is 17.9. The number of amides is 1. The maximum atomic E-state index is 12.9. The summed E-state index contributed by atoms with van der Waals surface area (Å²) >= 11 is 0. The van der Waals surface area contributed by atoms with Crippen LogP contribution in [0.25, 0.3) is 10.8 Å². The molecular weight excluding hydrogens is 633 g/mol. The molecule has 1 aliphatic carbocycles. The summed E-state index contributed by atoms with van der Waals surface area (Å²) in [7, 11) is 0. The number of anilines is 1. The fourth-order valence-electron chi connectivity index (χ4n) is 6.55. The number of phenols is 1. The highest BCUT2D eigenvalue weighted by Gasteiger charge is 2.33. The summed E-state index contributed by atoms with van der Waals surface area (Å²) in [4.78, 5) is 28.1. The zero-order valence-electron chi connectivity index (χ0n) is 31.1. The van der Waals surface area contributed by atoms with Gasteiger partial charge < -0.3 is 15.5 Å². The van der Waals surface area contributed by atoms with Crippen molar-refractivity contribution in [1.29, 1.82) is 0 Å². The Morgan fingerprint density at radius 2 is 1.39 bits per heavy atom. The summed E-state index contributed by atoms with van der Waals surface area (Å²) in [6.07, 6.45) is 25.3. The first-order chi connectivity index (χ1) is 24.6. The first kappa shape index (κ1) is 40.9. The summed E-state index contributed by atoms with van der Waals surface area (Å²) in [6.45, 7) is 10.9. The number of aliphatic imine (C=N–C) groups is 1. The quantitative estimate of drug-likeness (QED) is 0.0689. The van der Waals surface area contributed by atoms with Crippen LogP contribution in [0.4, 0.5) is 11.4 Å². The summed E-state index contributed by atoms with van der Waals surface area (Å²) in [5.74, 6) is 12.1. The van der Waals surface area contributed by atoms with Crippen molar-refractivity contribution >= 4 is 40.2 Å². The highest BCUT2D eigenvalue weighted by Crippen LogP contribution is 2.43. The standard InChI is InChI=1S/C45H58N2O4/c1-35-27-23-26-30-39(35)45(3,4)36(2)34-46-44-38-29-25-24-28-37(38)40(33-41(44)48)47-42(49)31-21-19-17-15-13-11-9-7-5-6-8-10-12-14-16-18-20-22-32-43(50)51/h23-30,33-35,39,48H,2,9-22,31-32H2,1,3-4H3,(H,47,49)(H,50,51). The number of carbonyl (C=O) groups is 2. The van der Waals surface area contributed by atoms with Crippen LogP contribution in [0.3, 0.4) is 0 Å². The number of aromatic hydroxyl groups is 1. The molecule has 0 saturated carbocycles. The molecule has 0 radical (unpaired) electrons. The lowest BCUT2D eigenvalue weighted by Gasteiger charge is -2.37. The molecule has 3 N–H and O–H groups in total. The van der Waals surface area contributed by atoms with Gasteiger partial charge in [-0.2, -0.15) is 0 Å². The number of phenolic OH excluding ortho intramolecular Hbond substituents is 1. The summed E-state index contributed by atoms with van der Waals surface area (Å²) in [5, 5.41) is 24.3. The molecule has 1 aliphatic rings. The normalized spacial score (nSPS) is 15.3. The number of unbranched alkanes of at least 4 members (excludes halogenated alkanes) is 12. The molecule has 0 heterocycles. The SMILES string of the molecule is C=C(C=Nc1c(O)cc(NC(=O)CCCCCCCCC#CC#CCCCCCCCCC(=O)O)c2ccccc12)C(C)(C)C1C=CC=CC1C. The van der Waals surface area contributed by atoms with Crippen LogP contribution < -0.4 is 5.32 Å². The zero-order valence-corrected chi connectivity index (χ0v) is 31.1. The van der Waals surface area contributed by atoms with Gasteiger partial charge in [-0.3, -0.25) is 14.6 Å². The molecule has 3 rings (SSSR count). The van der Waals surface area contributed by atoms with E-state index in [4.69, 9.17) is 10.1 Å². The fraction of sp³-hybridized carbons (Fsp3) is 0.489. The lowest BCUT2D eigenvalue weighted by atomic mass is 9.67. The molecule has 0 spiro atoms. The van der Waals surface area contributed by atoms with Gasteiger partial charge in [0.1, 0.15) is 11.4 Å². The smallest absolute Gasteiger partial charge is 0.303 e. The highest BCUT2D eigenvalue weighted by molar-refractivity contribution is 6.08. The van der Waals surface area contributed by atoms with Crippen molar-refractivity contribution in [3.05, 3.63) is 66.8 Å². The van der Waals surface area contributed by atoms with Crippen molar-refractivity contribution in [1.82, 2.24) is 0 Å². The Labute approximate surface area is 306 Å². The summed E-state index contributed by atoms with van der Waals surface area (Å²) in [5.41, 5.74) is 1.73. The molecule has 51 heavy (non-hydrogen) atoms. The van der Waals surface area contributed by atoms with Gasteiger partial charge in [0.25, 0.3) is 0 Å². The summed E-state index contributed by atoms with van der Waals surface area (Å²) < 4.78 is 0. The minimum atomic E-state index is -0.706. The van der Waals surface area contributed by atoms with E-state index in [1.807, 2.05) is 24.3 Å². The number of carboxylic acids is 1. The number of fused-ring (bicyclic) bond motifs is 1. The van der Waals surface area contributed by atoms with Crippen molar-refractivity contribution < 1.29 is 19.8 Å². The van der Waals surface area contributed by atoms with E-state index in [1.165, 1.54) is 0 Å². The van der Waals surface area contributed by atoms with E-state index in [9.17, 15) is 14.7 Å². The van der Waals surface area contributed by atoms with Crippen molar-refractivity contribution in [3.63, 3.8) is 0 Å². The minimum Gasteiger partial charge on any atom is -0.506 e. The fourth-order valence-corrected chi connectivity index (χ4v) is 6.55. The predicted molar refractivity (Wildman–Crippen MR) is 213 cm³/mol. The first-order valence-corrected chi connectivity index (χ1v) is 18.9. The molecule has 6 heteroatoms. The Morgan fingerprint density at radius 1 is 0.843 bits per heavy atom. The third kappa shape index (κ3) is 14.3. The van der Waals surface area contributed by atoms with Crippen molar-refractivity contribution in [2.75, 3.05) is 5.32 Å². The minimum absolute atomic E-state index is 0.0196. The van der Waals surface area contributed by atoms with E-state index in [1.54, 1.807) is 12.3 Å². The lowest BCUT2D eigenvalue weighted by molar-refractivity contribution is -0.137. The van der Waals surface area contributed by atoms with Gasteiger partial charge in [0.2, 0.25) is 5.91 Å². The van der Waals surface area contributed by atoms with Gasteiger partial charge in [0.05, 0.1) is 5.69 Å². The molecule has 0 aliphatic heterocycles. The van der Waals surface area contributed by atoms with E-state index < -0.39 is 5.97 Å². The highest BCUT2D eigenvalue weighted by atomic mass is 16.4. The number of rotatable bonds is 21. The van der Waals surface area contributed by atoms with Crippen LogP contribution in [-0.4, -0.2) is 28.3 Å². The number of hydrogen-bond donors (Lipinski definition) is 3. The Balaban J connectivity index is 1.34. The number of carbonyl (C=O) groups excluding carboxylic acids is 1. The topological polar surface area (TPSA) is 99.0 Å². The van der Waals surface area contributed by atoms with E-state index in [-0.39, 0.29) is 23.5 Å². The van der Waals surface area contributed by atoms with Gasteiger partial charge in [-0.1, -0.05) is 139 Å². The summed E-state index contributed by atoms with van der Waals surface area (Å²) in [6, 6.07) is 9.30. The van der Waals surface area contributed by atoms with Gasteiger partial charge in [-0.15, -0.1) is 0 Å². The van der Waals surface area contributed by atoms with Crippen LogP contribution >= 0.6 is 0 Å². The van der Waals surface area contributed by atoms with Crippen molar-refractivity contribution in [2.24, 2.45) is 22.2 Å². The Hall–Kier alpha value is -4.55. The molecule has 0 bridgehead atoms. The van der Waals surface area contributed by atoms with Crippen LogP contribution in [-0.2, 0) is 9.59 Å². The first-order valence-electron chi connectivity index (χ1n) is 18.9. The molecule has 2 atom stereocenters. The Morgan fingerprint density at radius 3 is 2.00 bits per heavy atom. The van der Waals surface area contributed by atoms with E-state index in [0.717, 1.165) is 106 Å². The van der Waals surface area contributed by atoms with Crippen LogP contribution in [0.2, 0.25) is 0 Å². The van der Waals surface area contributed by atoms with Gasteiger partial charge in [0.15, 0.2) is 0 Å². The third-order valence-electron chi connectivity index (χ3n) is 9.83. The maximum absolute atomic E-state index is 12.9. The van der Waals surface area contributed by atoms with Crippen molar-refractivity contribution in [3.8, 4) is 29.4 Å². The predicted octanol–water partition coefficient (Wildman–Crippen LogP) is 11.5. The number of aliphatic carboxylic acids is 1. The van der Waals surface area contributed by atoms with E-state index in [0.29, 0.717) is 29.6 Å². The largest absolute Gasteiger partial charge is 0.506 e.